The zero-order valence-corrected chi connectivity index (χ0v) is 16.4. The third-order valence-electron chi connectivity index (χ3n) is 4.33. The van der Waals surface area contributed by atoms with Crippen molar-refractivity contribution >= 4 is 21.9 Å². The Balaban J connectivity index is 2.19. The first kappa shape index (κ1) is 21.3. The number of morpholine rings is 1. The molecule has 1 aromatic carbocycles. The van der Waals surface area contributed by atoms with Gasteiger partial charge in [-0.05, 0) is 24.5 Å². The van der Waals surface area contributed by atoms with Gasteiger partial charge in [-0.25, -0.2) is 8.42 Å². The van der Waals surface area contributed by atoms with Crippen LogP contribution >= 0.6 is 0 Å². The van der Waals surface area contributed by atoms with Crippen LogP contribution in [-0.4, -0.2) is 62.6 Å². The first-order valence-corrected chi connectivity index (χ1v) is 10.4. The number of nitrogens with zero attached hydrogens (tertiary/aromatic N) is 1. The number of carbonyl (C=O) groups excluding carboxylic acids is 1. The van der Waals surface area contributed by atoms with Crippen molar-refractivity contribution in [3.8, 4) is 0 Å². The fraction of sp³-hybridized carbons (Fsp3) is 0.556. The molecule has 1 fully saturated rings. The minimum absolute atomic E-state index is 0.0117. The highest BCUT2D eigenvalue weighted by molar-refractivity contribution is 7.89. The number of aliphatic carboxylic acids is 1. The molecule has 8 nitrogen and oxygen atoms in total. The van der Waals surface area contributed by atoms with E-state index in [0.717, 1.165) is 0 Å². The number of carbonyl (C=O) groups is 2. The molecule has 1 aromatic rings. The second kappa shape index (κ2) is 9.29. The second-order valence-corrected chi connectivity index (χ2v) is 8.79. The molecule has 1 amide bonds. The molecule has 0 bridgehead atoms. The van der Waals surface area contributed by atoms with E-state index in [1.165, 1.54) is 16.4 Å². The molecule has 27 heavy (non-hydrogen) atoms. The van der Waals surface area contributed by atoms with Crippen LogP contribution in [-0.2, 0) is 19.6 Å². The number of hydrogen-bond acceptors (Lipinski definition) is 5. The average Bonchev–Trinajstić information content (AvgIpc) is 2.65. The second-order valence-electron chi connectivity index (χ2n) is 6.89. The lowest BCUT2D eigenvalue weighted by Crippen LogP contribution is -2.41. The molecular formula is C18H26N2O6S. The smallest absolute Gasteiger partial charge is 0.308 e. The summed E-state index contributed by atoms with van der Waals surface area (Å²) in [5.41, 5.74) is 0.0117. The summed E-state index contributed by atoms with van der Waals surface area (Å²) in [4.78, 5) is 23.9. The lowest BCUT2D eigenvalue weighted by atomic mass is 9.97. The predicted octanol–water partition coefficient (Wildman–Crippen LogP) is 1.18. The zero-order chi connectivity index (χ0) is 20.0. The van der Waals surface area contributed by atoms with Crippen molar-refractivity contribution in [2.75, 3.05) is 32.8 Å². The van der Waals surface area contributed by atoms with Crippen molar-refractivity contribution < 1.29 is 27.9 Å². The van der Waals surface area contributed by atoms with Crippen LogP contribution < -0.4 is 5.32 Å². The summed E-state index contributed by atoms with van der Waals surface area (Å²) in [5.74, 6) is -2.15. The molecule has 1 unspecified atom stereocenters. The first-order valence-electron chi connectivity index (χ1n) is 8.91. The SMILES string of the molecule is CC(C)CC(CNC(=O)c1ccccc1S(=O)(=O)N1CCOCC1)C(=O)O. The van der Waals surface area contributed by atoms with E-state index in [4.69, 9.17) is 4.74 Å². The van der Waals surface area contributed by atoms with E-state index in [-0.39, 0.29) is 36.0 Å². The highest BCUT2D eigenvalue weighted by atomic mass is 32.2. The average molecular weight is 398 g/mol. The van der Waals surface area contributed by atoms with Gasteiger partial charge in [-0.3, -0.25) is 9.59 Å². The molecule has 150 valence electrons. The Morgan fingerprint density at radius 3 is 2.44 bits per heavy atom. The maximum atomic E-state index is 12.9. The fourth-order valence-electron chi connectivity index (χ4n) is 2.96. The van der Waals surface area contributed by atoms with Crippen molar-refractivity contribution in [3.63, 3.8) is 0 Å². The molecule has 0 saturated carbocycles. The Kier molecular flexibility index (Phi) is 7.34. The number of amides is 1. The van der Waals surface area contributed by atoms with Crippen LogP contribution in [0.4, 0.5) is 0 Å². The Morgan fingerprint density at radius 2 is 1.85 bits per heavy atom. The predicted molar refractivity (Wildman–Crippen MR) is 98.9 cm³/mol. The Labute approximate surface area is 159 Å². The summed E-state index contributed by atoms with van der Waals surface area (Å²) >= 11 is 0. The third-order valence-corrected chi connectivity index (χ3v) is 6.29. The molecule has 1 aliphatic rings. The number of rotatable bonds is 8. The van der Waals surface area contributed by atoms with E-state index in [1.807, 2.05) is 13.8 Å². The van der Waals surface area contributed by atoms with Crippen molar-refractivity contribution in [2.45, 2.75) is 25.2 Å². The Hall–Kier alpha value is -1.97. The molecule has 9 heteroatoms. The number of ether oxygens (including phenoxy) is 1. The highest BCUT2D eigenvalue weighted by Crippen LogP contribution is 2.21. The number of carboxylic acid groups (broad SMARTS) is 1. The number of hydrogen-bond donors (Lipinski definition) is 2. The van der Waals surface area contributed by atoms with Crippen molar-refractivity contribution in [3.05, 3.63) is 29.8 Å². The van der Waals surface area contributed by atoms with Crippen LogP contribution in [0.15, 0.2) is 29.2 Å². The molecule has 0 aromatic heterocycles. The van der Waals surface area contributed by atoms with Crippen molar-refractivity contribution in [1.29, 1.82) is 0 Å². The van der Waals surface area contributed by atoms with E-state index in [1.54, 1.807) is 12.1 Å². The van der Waals surface area contributed by atoms with Crippen LogP contribution in [0.5, 0.6) is 0 Å². The summed E-state index contributed by atoms with van der Waals surface area (Å²) in [6, 6.07) is 5.96. The first-order chi connectivity index (χ1) is 12.7. The molecule has 0 radical (unpaired) electrons. The van der Waals surface area contributed by atoms with Crippen LogP contribution in [0, 0.1) is 11.8 Å². The van der Waals surface area contributed by atoms with Gasteiger partial charge >= 0.3 is 5.97 Å². The van der Waals surface area contributed by atoms with Gasteiger partial charge in [0.2, 0.25) is 10.0 Å². The van der Waals surface area contributed by atoms with Crippen molar-refractivity contribution in [1.82, 2.24) is 9.62 Å². The largest absolute Gasteiger partial charge is 0.481 e. The number of nitrogens with one attached hydrogen (secondary N) is 1. The normalized spacial score (nSPS) is 16.9. The molecule has 1 saturated heterocycles. The van der Waals surface area contributed by atoms with Gasteiger partial charge < -0.3 is 15.2 Å². The van der Waals surface area contributed by atoms with Crippen LogP contribution in [0.3, 0.4) is 0 Å². The van der Waals surface area contributed by atoms with E-state index in [0.29, 0.717) is 19.6 Å². The topological polar surface area (TPSA) is 113 Å². The third kappa shape index (κ3) is 5.50. The van der Waals surface area contributed by atoms with Gasteiger partial charge in [0.1, 0.15) is 0 Å². The maximum absolute atomic E-state index is 12.9. The van der Waals surface area contributed by atoms with Gasteiger partial charge in [0.05, 0.1) is 29.6 Å². The van der Waals surface area contributed by atoms with Gasteiger partial charge in [0.15, 0.2) is 0 Å². The number of sulfonamides is 1. The highest BCUT2D eigenvalue weighted by Gasteiger charge is 2.30. The van der Waals surface area contributed by atoms with E-state index < -0.39 is 27.8 Å². The molecule has 1 aliphatic heterocycles. The minimum Gasteiger partial charge on any atom is -0.481 e. The molecule has 2 N–H and O–H groups in total. The lowest BCUT2D eigenvalue weighted by molar-refractivity contribution is -0.142. The van der Waals surface area contributed by atoms with Gasteiger partial charge in [-0.2, -0.15) is 4.31 Å². The summed E-state index contributed by atoms with van der Waals surface area (Å²) < 4.78 is 32.3. The summed E-state index contributed by atoms with van der Waals surface area (Å²) in [5, 5.41) is 11.9. The van der Waals surface area contributed by atoms with Gasteiger partial charge in [0.25, 0.3) is 5.91 Å². The maximum Gasteiger partial charge on any atom is 0.308 e. The van der Waals surface area contributed by atoms with Crippen molar-refractivity contribution in [2.24, 2.45) is 11.8 Å². The monoisotopic (exact) mass is 398 g/mol. The molecular weight excluding hydrogens is 372 g/mol. The standard InChI is InChI=1S/C18H26N2O6S/c1-13(2)11-14(18(22)23)12-19-17(21)15-5-3-4-6-16(15)27(24,25)20-7-9-26-10-8-20/h3-6,13-14H,7-12H2,1-2H3,(H,19,21)(H,22,23). The Bertz CT molecular complexity index is 772. The van der Waals surface area contributed by atoms with Gasteiger partial charge in [-0.15, -0.1) is 0 Å². The molecule has 0 spiro atoms. The van der Waals surface area contributed by atoms with Crippen LogP contribution in [0.25, 0.3) is 0 Å². The lowest BCUT2D eigenvalue weighted by Gasteiger charge is -2.26. The van der Waals surface area contributed by atoms with E-state index >= 15 is 0 Å². The Morgan fingerprint density at radius 1 is 1.22 bits per heavy atom. The summed E-state index contributed by atoms with van der Waals surface area (Å²) in [6.07, 6.45) is 0.420. The van der Waals surface area contributed by atoms with Crippen LogP contribution in [0.1, 0.15) is 30.6 Å². The fourth-order valence-corrected chi connectivity index (χ4v) is 4.55. The zero-order valence-electron chi connectivity index (χ0n) is 15.6. The van der Waals surface area contributed by atoms with Gasteiger partial charge in [0, 0.05) is 19.6 Å². The van der Waals surface area contributed by atoms with E-state index in [2.05, 4.69) is 5.32 Å². The van der Waals surface area contributed by atoms with Gasteiger partial charge in [-0.1, -0.05) is 26.0 Å². The molecule has 1 atom stereocenters. The quantitative estimate of drug-likeness (QED) is 0.680. The minimum atomic E-state index is -3.84. The summed E-state index contributed by atoms with van der Waals surface area (Å²) in [6.45, 7) is 4.83. The van der Waals surface area contributed by atoms with Crippen LogP contribution in [0.2, 0.25) is 0 Å². The molecule has 1 heterocycles. The summed E-state index contributed by atoms with van der Waals surface area (Å²) in [7, 11) is -3.84. The molecule has 0 aliphatic carbocycles. The number of carboxylic acids is 1. The van der Waals surface area contributed by atoms with E-state index in [9.17, 15) is 23.1 Å². The number of benzene rings is 1. The molecule has 2 rings (SSSR count).